The summed E-state index contributed by atoms with van der Waals surface area (Å²) in [5, 5.41) is 14.1. The lowest BCUT2D eigenvalue weighted by molar-refractivity contribution is -0.302. The number of aryl methyl sites for hydroxylation is 1. The largest absolute Gasteiger partial charge is 0.438 e. The number of alkyl halides is 3. The summed E-state index contributed by atoms with van der Waals surface area (Å²) in [6, 6.07) is 6.76. The molecule has 1 amide bonds. The lowest BCUT2D eigenvalue weighted by atomic mass is 10.00. The van der Waals surface area contributed by atoms with E-state index in [1.807, 2.05) is 6.92 Å². The first-order chi connectivity index (χ1) is 10.2. The summed E-state index contributed by atoms with van der Waals surface area (Å²) in [7, 11) is 0. The maximum atomic E-state index is 13.3. The summed E-state index contributed by atoms with van der Waals surface area (Å²) in [6.07, 6.45) is -4.64. The molecule has 22 heavy (non-hydrogen) atoms. The second kappa shape index (κ2) is 4.81. The van der Waals surface area contributed by atoms with Crippen molar-refractivity contribution in [2.75, 3.05) is 0 Å². The number of carbonyl (C=O) groups is 1. The predicted octanol–water partition coefficient (Wildman–Crippen LogP) is 2.59. The highest BCUT2D eigenvalue weighted by atomic mass is 19.4. The van der Waals surface area contributed by atoms with E-state index in [1.165, 1.54) is 0 Å². The Balaban J connectivity index is 1.98. The standard InChI is InChI=1S/C15H15F3N2O2/c1-9-2-4-10(5-3-9)12-8-14(22,15(16,17)18)20(19-12)13(21)11-6-7-11/h2-5,11,22H,6-8H2,1H3/t14-/m1/s1. The molecule has 1 aromatic carbocycles. The summed E-state index contributed by atoms with van der Waals surface area (Å²) < 4.78 is 39.8. The maximum absolute atomic E-state index is 13.3. The van der Waals surface area contributed by atoms with Gasteiger partial charge in [0.1, 0.15) is 0 Å². The summed E-state index contributed by atoms with van der Waals surface area (Å²) >= 11 is 0. The number of rotatable bonds is 2. The number of amides is 1. The zero-order valence-electron chi connectivity index (χ0n) is 11.9. The van der Waals surface area contributed by atoms with Gasteiger partial charge in [0.15, 0.2) is 0 Å². The smallest absolute Gasteiger partial charge is 0.362 e. The molecule has 1 atom stereocenters. The van der Waals surface area contributed by atoms with Crippen molar-refractivity contribution in [1.82, 2.24) is 5.01 Å². The first-order valence-corrected chi connectivity index (χ1v) is 7.00. The molecule has 0 radical (unpaired) electrons. The highest BCUT2D eigenvalue weighted by molar-refractivity contribution is 6.03. The van der Waals surface area contributed by atoms with Crippen LogP contribution in [0.5, 0.6) is 0 Å². The van der Waals surface area contributed by atoms with Crippen LogP contribution in [-0.2, 0) is 4.79 Å². The lowest BCUT2D eigenvalue weighted by Crippen LogP contribution is -2.57. The minimum Gasteiger partial charge on any atom is -0.362 e. The van der Waals surface area contributed by atoms with E-state index in [0.717, 1.165) is 5.56 Å². The summed E-state index contributed by atoms with van der Waals surface area (Å²) in [5.74, 6) is -1.23. The first-order valence-electron chi connectivity index (χ1n) is 7.00. The molecule has 1 aromatic rings. The number of halogens is 3. The molecule has 0 saturated heterocycles. The van der Waals surface area contributed by atoms with Gasteiger partial charge in [-0.2, -0.15) is 23.3 Å². The van der Waals surface area contributed by atoms with Crippen molar-refractivity contribution in [3.63, 3.8) is 0 Å². The highest BCUT2D eigenvalue weighted by Crippen LogP contribution is 2.44. The third-order valence-corrected chi connectivity index (χ3v) is 3.96. The Labute approximate surface area is 125 Å². The fraction of sp³-hybridized carbons (Fsp3) is 0.467. The molecule has 0 spiro atoms. The van der Waals surface area contributed by atoms with E-state index < -0.39 is 30.1 Å². The molecule has 0 bridgehead atoms. The van der Waals surface area contributed by atoms with Crippen molar-refractivity contribution in [3.8, 4) is 0 Å². The van der Waals surface area contributed by atoms with Crippen molar-refractivity contribution < 1.29 is 23.1 Å². The fourth-order valence-corrected chi connectivity index (χ4v) is 2.41. The Morgan fingerprint density at radius 3 is 2.41 bits per heavy atom. The van der Waals surface area contributed by atoms with Crippen LogP contribution in [0.4, 0.5) is 13.2 Å². The molecule has 0 unspecified atom stereocenters. The number of hydrazone groups is 1. The highest BCUT2D eigenvalue weighted by Gasteiger charge is 2.64. The molecule has 1 aliphatic heterocycles. The Bertz CT molecular complexity index is 635. The molecule has 1 fully saturated rings. The van der Waals surface area contributed by atoms with E-state index in [2.05, 4.69) is 5.10 Å². The Hall–Kier alpha value is -1.89. The van der Waals surface area contributed by atoms with Gasteiger partial charge in [-0.25, -0.2) is 0 Å². The van der Waals surface area contributed by atoms with E-state index in [4.69, 9.17) is 0 Å². The van der Waals surface area contributed by atoms with Gasteiger partial charge in [0.05, 0.1) is 12.1 Å². The second-order valence-corrected chi connectivity index (χ2v) is 5.83. The Morgan fingerprint density at radius 2 is 1.91 bits per heavy atom. The van der Waals surface area contributed by atoms with E-state index in [-0.39, 0.29) is 10.7 Å². The van der Waals surface area contributed by atoms with Gasteiger partial charge in [0.25, 0.3) is 5.72 Å². The average Bonchev–Trinajstić information content (AvgIpc) is 3.21. The van der Waals surface area contributed by atoms with E-state index in [0.29, 0.717) is 18.4 Å². The number of nitrogens with zero attached hydrogens (tertiary/aromatic N) is 2. The van der Waals surface area contributed by atoms with Gasteiger partial charge in [0.2, 0.25) is 5.91 Å². The molecule has 2 aliphatic rings. The van der Waals surface area contributed by atoms with Crippen LogP contribution in [0.3, 0.4) is 0 Å². The summed E-state index contributed by atoms with van der Waals surface area (Å²) in [6.45, 7) is 1.86. The number of carbonyl (C=O) groups excluding carboxylic acids is 1. The zero-order valence-corrected chi connectivity index (χ0v) is 11.9. The molecule has 7 heteroatoms. The van der Waals surface area contributed by atoms with Gasteiger partial charge in [-0.05, 0) is 25.3 Å². The van der Waals surface area contributed by atoms with Crippen molar-refractivity contribution in [3.05, 3.63) is 35.4 Å². The zero-order chi connectivity index (χ0) is 16.1. The minimum atomic E-state index is -4.96. The van der Waals surface area contributed by atoms with Crippen LogP contribution in [0.25, 0.3) is 0 Å². The number of hydrogen-bond donors (Lipinski definition) is 1. The molecule has 0 aromatic heterocycles. The van der Waals surface area contributed by atoms with Gasteiger partial charge in [-0.1, -0.05) is 29.8 Å². The van der Waals surface area contributed by atoms with Gasteiger partial charge in [-0.3, -0.25) is 4.79 Å². The van der Waals surface area contributed by atoms with E-state index in [1.54, 1.807) is 24.3 Å². The van der Waals surface area contributed by atoms with Crippen LogP contribution in [0, 0.1) is 12.8 Å². The average molecular weight is 312 g/mol. The SMILES string of the molecule is Cc1ccc(C2=NN(C(=O)C3CC3)[C@](O)(C(F)(F)F)C2)cc1. The monoisotopic (exact) mass is 312 g/mol. The molecule has 4 nitrogen and oxygen atoms in total. The van der Waals surface area contributed by atoms with Crippen LogP contribution in [0.2, 0.25) is 0 Å². The van der Waals surface area contributed by atoms with Crippen molar-refractivity contribution in [2.24, 2.45) is 11.0 Å². The molecule has 3 rings (SSSR count). The number of benzene rings is 1. The van der Waals surface area contributed by atoms with Crippen LogP contribution >= 0.6 is 0 Å². The molecule has 1 heterocycles. The Kier molecular flexibility index (Phi) is 3.28. The normalized spacial score (nSPS) is 25.3. The summed E-state index contributed by atoms with van der Waals surface area (Å²) in [5.41, 5.74) is -1.76. The fourth-order valence-electron chi connectivity index (χ4n) is 2.41. The molecule has 1 N–H and O–H groups in total. The third-order valence-electron chi connectivity index (χ3n) is 3.96. The Morgan fingerprint density at radius 1 is 1.32 bits per heavy atom. The quantitative estimate of drug-likeness (QED) is 0.912. The van der Waals surface area contributed by atoms with Crippen LogP contribution in [0.15, 0.2) is 29.4 Å². The van der Waals surface area contributed by atoms with Crippen LogP contribution < -0.4 is 0 Å². The van der Waals surface area contributed by atoms with Crippen molar-refractivity contribution in [2.45, 2.75) is 38.1 Å². The number of aliphatic hydroxyl groups is 1. The minimum absolute atomic E-state index is 0.0637. The van der Waals surface area contributed by atoms with E-state index >= 15 is 0 Å². The maximum Gasteiger partial charge on any atom is 0.438 e. The van der Waals surface area contributed by atoms with Crippen LogP contribution in [-0.4, -0.2) is 33.6 Å². The summed E-state index contributed by atoms with van der Waals surface area (Å²) in [4.78, 5) is 12.1. The molecule has 1 aliphatic carbocycles. The number of hydrogen-bond acceptors (Lipinski definition) is 3. The van der Waals surface area contributed by atoms with Gasteiger partial charge >= 0.3 is 6.18 Å². The predicted molar refractivity (Wildman–Crippen MR) is 72.9 cm³/mol. The van der Waals surface area contributed by atoms with Crippen LogP contribution in [0.1, 0.15) is 30.4 Å². The molecule has 118 valence electrons. The lowest BCUT2D eigenvalue weighted by Gasteiger charge is -2.32. The van der Waals surface area contributed by atoms with Gasteiger partial charge in [0, 0.05) is 5.92 Å². The second-order valence-electron chi connectivity index (χ2n) is 5.83. The van der Waals surface area contributed by atoms with Gasteiger partial charge in [-0.15, -0.1) is 0 Å². The molecule has 1 saturated carbocycles. The van der Waals surface area contributed by atoms with Crippen molar-refractivity contribution >= 4 is 11.6 Å². The molecular formula is C15H15F3N2O2. The van der Waals surface area contributed by atoms with Crippen molar-refractivity contribution in [1.29, 1.82) is 0 Å². The van der Waals surface area contributed by atoms with Gasteiger partial charge < -0.3 is 5.11 Å². The van der Waals surface area contributed by atoms with E-state index in [9.17, 15) is 23.1 Å². The molecular weight excluding hydrogens is 297 g/mol. The third kappa shape index (κ3) is 2.39. The topological polar surface area (TPSA) is 52.9 Å². The first kappa shape index (κ1) is 15.0.